The summed E-state index contributed by atoms with van der Waals surface area (Å²) >= 11 is 0. The first-order valence-electron chi connectivity index (χ1n) is 10.6. The minimum atomic E-state index is 0. The summed E-state index contributed by atoms with van der Waals surface area (Å²) in [5, 5.41) is 6.58. The largest absolute Gasteiger partial charge is 0.381 e. The summed E-state index contributed by atoms with van der Waals surface area (Å²) in [5.74, 6) is 1.58. The molecule has 1 aliphatic heterocycles. The molecule has 1 amide bonds. The fourth-order valence-corrected chi connectivity index (χ4v) is 3.20. The van der Waals surface area contributed by atoms with Crippen LogP contribution in [0.2, 0.25) is 0 Å². The highest BCUT2D eigenvalue weighted by Gasteiger charge is 2.23. The van der Waals surface area contributed by atoms with Gasteiger partial charge in [-0.1, -0.05) is 32.0 Å². The maximum atomic E-state index is 12.5. The molecule has 0 atom stereocenters. The third-order valence-corrected chi connectivity index (χ3v) is 4.56. The van der Waals surface area contributed by atoms with E-state index in [1.54, 1.807) is 0 Å². The molecule has 0 fully saturated rings. The number of fused-ring (bicyclic) bond motifs is 1. The van der Waals surface area contributed by atoms with E-state index >= 15 is 0 Å². The number of carbonyl (C=O) groups is 1. The zero-order valence-electron chi connectivity index (χ0n) is 18.1. The molecule has 0 aliphatic carbocycles. The van der Waals surface area contributed by atoms with E-state index in [1.165, 1.54) is 5.56 Å². The maximum absolute atomic E-state index is 12.5. The molecule has 0 saturated carbocycles. The number of amides is 1. The molecule has 7 heteroatoms. The van der Waals surface area contributed by atoms with Crippen molar-refractivity contribution in [1.82, 2.24) is 10.6 Å². The van der Waals surface area contributed by atoms with Crippen molar-refractivity contribution in [3.05, 3.63) is 29.8 Å². The van der Waals surface area contributed by atoms with Crippen molar-refractivity contribution in [2.24, 2.45) is 10.9 Å². The first kappa shape index (κ1) is 25.7. The number of halogens is 1. The molecule has 1 heterocycles. The Balaban J connectivity index is 0.00000420. The van der Waals surface area contributed by atoms with E-state index in [9.17, 15) is 4.79 Å². The van der Waals surface area contributed by atoms with Crippen LogP contribution in [0.15, 0.2) is 29.3 Å². The molecule has 29 heavy (non-hydrogen) atoms. The summed E-state index contributed by atoms with van der Waals surface area (Å²) in [6, 6.07) is 8.18. The van der Waals surface area contributed by atoms with Crippen molar-refractivity contribution in [2.45, 2.75) is 46.5 Å². The van der Waals surface area contributed by atoms with Gasteiger partial charge in [0.05, 0.1) is 0 Å². The Morgan fingerprint density at radius 1 is 1.24 bits per heavy atom. The van der Waals surface area contributed by atoms with Gasteiger partial charge in [-0.15, -0.1) is 24.0 Å². The Labute approximate surface area is 192 Å². The Kier molecular flexibility index (Phi) is 12.9. The van der Waals surface area contributed by atoms with E-state index in [4.69, 9.17) is 4.74 Å². The quantitative estimate of drug-likeness (QED) is 0.204. The molecule has 0 unspecified atom stereocenters. The smallest absolute Gasteiger partial charge is 0.227 e. The monoisotopic (exact) mass is 516 g/mol. The molecule has 2 rings (SSSR count). The number of nitrogens with one attached hydrogen (secondary N) is 2. The fourth-order valence-electron chi connectivity index (χ4n) is 3.20. The summed E-state index contributed by atoms with van der Waals surface area (Å²) in [5.41, 5.74) is 2.34. The van der Waals surface area contributed by atoms with E-state index in [1.807, 2.05) is 23.1 Å². The number of aliphatic imine (C=N–C) groups is 1. The van der Waals surface area contributed by atoms with Gasteiger partial charge in [-0.05, 0) is 43.7 Å². The lowest BCUT2D eigenvalue weighted by molar-refractivity contribution is -0.118. The molecule has 1 aromatic rings. The molecule has 0 spiro atoms. The summed E-state index contributed by atoms with van der Waals surface area (Å²) in [6.45, 7) is 11.0. The topological polar surface area (TPSA) is 66.0 Å². The van der Waals surface area contributed by atoms with Crippen LogP contribution in [0.1, 0.15) is 45.6 Å². The lowest BCUT2D eigenvalue weighted by Gasteiger charge is -2.17. The number of guanidine groups is 1. The molecule has 0 bridgehead atoms. The second kappa shape index (κ2) is 14.6. The predicted molar refractivity (Wildman–Crippen MR) is 131 cm³/mol. The van der Waals surface area contributed by atoms with Crippen LogP contribution in [0.3, 0.4) is 0 Å². The summed E-state index contributed by atoms with van der Waals surface area (Å²) in [4.78, 5) is 19.0. The Morgan fingerprint density at radius 3 is 2.79 bits per heavy atom. The molecule has 0 saturated heterocycles. The van der Waals surface area contributed by atoms with Gasteiger partial charge in [0.2, 0.25) is 5.91 Å². The van der Waals surface area contributed by atoms with Gasteiger partial charge in [0.25, 0.3) is 0 Å². The molecule has 0 radical (unpaired) electrons. The normalized spacial score (nSPS) is 13.2. The SMILES string of the molecule is CCNC(=NCCCC(=O)N1CCc2ccccc21)NCCCOCC(C)C.I. The van der Waals surface area contributed by atoms with Gasteiger partial charge >= 0.3 is 0 Å². The van der Waals surface area contributed by atoms with Crippen LogP contribution in [0, 0.1) is 5.92 Å². The summed E-state index contributed by atoms with van der Waals surface area (Å²) in [7, 11) is 0. The number of rotatable bonds is 11. The number of ether oxygens (including phenoxy) is 1. The third kappa shape index (κ3) is 9.33. The number of hydrogen-bond donors (Lipinski definition) is 2. The highest BCUT2D eigenvalue weighted by Crippen LogP contribution is 2.27. The molecule has 0 aromatic heterocycles. The van der Waals surface area contributed by atoms with Gasteiger partial charge < -0.3 is 20.3 Å². The number of para-hydroxylation sites is 1. The third-order valence-electron chi connectivity index (χ3n) is 4.56. The van der Waals surface area contributed by atoms with Crippen molar-refractivity contribution < 1.29 is 9.53 Å². The van der Waals surface area contributed by atoms with Crippen molar-refractivity contribution >= 4 is 41.5 Å². The van der Waals surface area contributed by atoms with E-state index in [2.05, 4.69) is 42.5 Å². The molecule has 164 valence electrons. The van der Waals surface area contributed by atoms with Gasteiger partial charge in [-0.25, -0.2) is 0 Å². The van der Waals surface area contributed by atoms with Crippen molar-refractivity contribution in [2.75, 3.05) is 44.3 Å². The van der Waals surface area contributed by atoms with Gasteiger partial charge in [0.15, 0.2) is 5.96 Å². The maximum Gasteiger partial charge on any atom is 0.227 e. The molecule has 6 nitrogen and oxygen atoms in total. The van der Waals surface area contributed by atoms with Crippen LogP contribution in [0.4, 0.5) is 5.69 Å². The van der Waals surface area contributed by atoms with E-state index in [-0.39, 0.29) is 29.9 Å². The van der Waals surface area contributed by atoms with Gasteiger partial charge in [0.1, 0.15) is 0 Å². The van der Waals surface area contributed by atoms with Crippen LogP contribution in [0.5, 0.6) is 0 Å². The van der Waals surface area contributed by atoms with E-state index in [0.29, 0.717) is 18.9 Å². The minimum Gasteiger partial charge on any atom is -0.381 e. The lowest BCUT2D eigenvalue weighted by Crippen LogP contribution is -2.38. The molecular weight excluding hydrogens is 479 g/mol. The van der Waals surface area contributed by atoms with Crippen LogP contribution >= 0.6 is 24.0 Å². The minimum absolute atomic E-state index is 0. The van der Waals surface area contributed by atoms with Crippen molar-refractivity contribution in [3.63, 3.8) is 0 Å². The number of benzene rings is 1. The van der Waals surface area contributed by atoms with Gasteiger partial charge in [-0.2, -0.15) is 0 Å². The lowest BCUT2D eigenvalue weighted by atomic mass is 10.2. The Bertz CT molecular complexity index is 637. The van der Waals surface area contributed by atoms with E-state index < -0.39 is 0 Å². The van der Waals surface area contributed by atoms with Crippen LogP contribution in [-0.2, 0) is 16.0 Å². The number of anilines is 1. The molecule has 1 aliphatic rings. The second-order valence-electron chi connectivity index (χ2n) is 7.54. The standard InChI is InChI=1S/C22H36N4O2.HI/c1-4-23-22(25-14-8-16-28-17-18(2)3)24-13-7-11-21(27)26-15-12-19-9-5-6-10-20(19)26;/h5-6,9-10,18H,4,7-8,11-17H2,1-3H3,(H2,23,24,25);1H. The van der Waals surface area contributed by atoms with Gasteiger partial charge in [-0.3, -0.25) is 9.79 Å². The Hall–Kier alpha value is -1.35. The summed E-state index contributed by atoms with van der Waals surface area (Å²) < 4.78 is 5.59. The number of hydrogen-bond acceptors (Lipinski definition) is 3. The first-order chi connectivity index (χ1) is 13.6. The molecule has 1 aromatic carbocycles. The predicted octanol–water partition coefficient (Wildman–Crippen LogP) is 3.59. The molecule has 2 N–H and O–H groups in total. The highest BCUT2D eigenvalue weighted by atomic mass is 127. The van der Waals surface area contributed by atoms with Gasteiger partial charge in [0, 0.05) is 51.5 Å². The highest BCUT2D eigenvalue weighted by molar-refractivity contribution is 14.0. The average Bonchev–Trinajstić information content (AvgIpc) is 3.11. The fraction of sp³-hybridized carbons (Fsp3) is 0.636. The van der Waals surface area contributed by atoms with Crippen molar-refractivity contribution in [1.29, 1.82) is 0 Å². The summed E-state index contributed by atoms with van der Waals surface area (Å²) in [6.07, 6.45) is 3.19. The van der Waals surface area contributed by atoms with Crippen LogP contribution in [0.25, 0.3) is 0 Å². The van der Waals surface area contributed by atoms with Crippen LogP contribution < -0.4 is 15.5 Å². The van der Waals surface area contributed by atoms with Crippen molar-refractivity contribution in [3.8, 4) is 0 Å². The second-order valence-corrected chi connectivity index (χ2v) is 7.54. The van der Waals surface area contributed by atoms with Crippen LogP contribution in [-0.4, -0.2) is 51.3 Å². The number of nitrogens with zero attached hydrogens (tertiary/aromatic N) is 2. The van der Waals surface area contributed by atoms with E-state index in [0.717, 1.165) is 63.8 Å². The first-order valence-corrected chi connectivity index (χ1v) is 10.6. The number of carbonyl (C=O) groups excluding carboxylic acids is 1. The average molecular weight is 516 g/mol. The zero-order chi connectivity index (χ0) is 20.2. The molecular formula is C22H37IN4O2. The Morgan fingerprint density at radius 2 is 2.03 bits per heavy atom. The zero-order valence-corrected chi connectivity index (χ0v) is 20.4.